The van der Waals surface area contributed by atoms with E-state index < -0.39 is 22.2 Å². The summed E-state index contributed by atoms with van der Waals surface area (Å²) in [5.74, 6) is -0.919. The molecule has 0 aliphatic carbocycles. The van der Waals surface area contributed by atoms with Crippen LogP contribution in [0.25, 0.3) is 0 Å². The van der Waals surface area contributed by atoms with Crippen LogP contribution in [0.15, 0.2) is 29.2 Å². The van der Waals surface area contributed by atoms with Crippen molar-refractivity contribution in [3.63, 3.8) is 0 Å². The van der Waals surface area contributed by atoms with Crippen LogP contribution in [0.1, 0.15) is 18.4 Å². The standard InChI is InChI=1S/C14H19NO5S/c1-11-4-6-13(7-5-11)21(18,19)20-12-3-2-8-15(9-12)10-14(16)17/h4-7,12H,2-3,8-10H2,1H3,(H,16,17)/t12-/m1/s1. The molecule has 1 aromatic carbocycles. The van der Waals surface area contributed by atoms with E-state index in [9.17, 15) is 13.2 Å². The maximum absolute atomic E-state index is 12.2. The number of hydrogen-bond acceptors (Lipinski definition) is 5. The van der Waals surface area contributed by atoms with Crippen LogP contribution in [0.2, 0.25) is 0 Å². The highest BCUT2D eigenvalue weighted by molar-refractivity contribution is 7.86. The molecule has 0 aromatic heterocycles. The number of piperidine rings is 1. The Morgan fingerprint density at radius 1 is 1.38 bits per heavy atom. The van der Waals surface area contributed by atoms with Crippen LogP contribution in [0, 0.1) is 6.92 Å². The third-order valence-electron chi connectivity index (χ3n) is 3.39. The zero-order chi connectivity index (χ0) is 15.5. The van der Waals surface area contributed by atoms with Crippen molar-refractivity contribution in [3.8, 4) is 0 Å². The molecule has 0 unspecified atom stereocenters. The largest absolute Gasteiger partial charge is 0.480 e. The number of carbonyl (C=O) groups is 1. The molecule has 1 saturated heterocycles. The lowest BCUT2D eigenvalue weighted by molar-refractivity contribution is -0.138. The third kappa shape index (κ3) is 4.52. The van der Waals surface area contributed by atoms with Gasteiger partial charge in [-0.05, 0) is 38.4 Å². The Bertz CT molecular complexity index is 596. The van der Waals surface area contributed by atoms with Crippen LogP contribution >= 0.6 is 0 Å². The van der Waals surface area contributed by atoms with E-state index >= 15 is 0 Å². The maximum atomic E-state index is 12.2. The van der Waals surface area contributed by atoms with Crippen LogP contribution in [-0.2, 0) is 19.1 Å². The molecule has 1 aromatic rings. The van der Waals surface area contributed by atoms with Gasteiger partial charge in [-0.2, -0.15) is 8.42 Å². The predicted octanol–water partition coefficient (Wildman–Crippen LogP) is 1.25. The summed E-state index contributed by atoms with van der Waals surface area (Å²) >= 11 is 0. The molecule has 116 valence electrons. The van der Waals surface area contributed by atoms with Crippen molar-refractivity contribution in [1.82, 2.24) is 4.90 Å². The fraction of sp³-hybridized carbons (Fsp3) is 0.500. The number of nitrogens with zero attached hydrogens (tertiary/aromatic N) is 1. The number of aliphatic carboxylic acids is 1. The molecule has 6 nitrogen and oxygen atoms in total. The SMILES string of the molecule is Cc1ccc(S(=O)(=O)O[C@@H]2CCCN(CC(=O)O)C2)cc1. The topological polar surface area (TPSA) is 83.9 Å². The van der Waals surface area contributed by atoms with Crippen molar-refractivity contribution >= 4 is 16.1 Å². The maximum Gasteiger partial charge on any atom is 0.317 e. The molecule has 1 aliphatic heterocycles. The number of benzene rings is 1. The Kier molecular flexibility index (Phi) is 4.97. The van der Waals surface area contributed by atoms with Crippen LogP contribution < -0.4 is 0 Å². The lowest BCUT2D eigenvalue weighted by Gasteiger charge is -2.30. The molecule has 1 fully saturated rings. The predicted molar refractivity (Wildman–Crippen MR) is 76.5 cm³/mol. The first-order chi connectivity index (χ1) is 9.87. The van der Waals surface area contributed by atoms with Gasteiger partial charge in [-0.3, -0.25) is 13.9 Å². The number of aryl methyl sites for hydroxylation is 1. The lowest BCUT2D eigenvalue weighted by Crippen LogP contribution is -2.42. The summed E-state index contributed by atoms with van der Waals surface area (Å²) in [5, 5.41) is 8.79. The summed E-state index contributed by atoms with van der Waals surface area (Å²) in [5.41, 5.74) is 0.972. The highest BCUT2D eigenvalue weighted by atomic mass is 32.2. The zero-order valence-electron chi connectivity index (χ0n) is 11.9. The lowest BCUT2D eigenvalue weighted by atomic mass is 10.1. The Labute approximate surface area is 124 Å². The molecular formula is C14H19NO5S. The van der Waals surface area contributed by atoms with Crippen LogP contribution in [0.3, 0.4) is 0 Å². The summed E-state index contributed by atoms with van der Waals surface area (Å²) in [4.78, 5) is 12.5. The van der Waals surface area contributed by atoms with Gasteiger partial charge in [0.2, 0.25) is 0 Å². The number of rotatable bonds is 5. The summed E-state index contributed by atoms with van der Waals surface area (Å²) in [6, 6.07) is 6.46. The van der Waals surface area contributed by atoms with E-state index in [2.05, 4.69) is 0 Å². The van der Waals surface area contributed by atoms with Gasteiger partial charge in [0.25, 0.3) is 10.1 Å². The molecule has 1 heterocycles. The quantitative estimate of drug-likeness (QED) is 0.824. The second kappa shape index (κ2) is 6.55. The number of hydrogen-bond donors (Lipinski definition) is 1. The summed E-state index contributed by atoms with van der Waals surface area (Å²) in [6.07, 6.45) is 0.840. The Hall–Kier alpha value is -1.44. The molecule has 1 N–H and O–H groups in total. The Morgan fingerprint density at radius 3 is 2.67 bits per heavy atom. The highest BCUT2D eigenvalue weighted by Crippen LogP contribution is 2.20. The fourth-order valence-corrected chi connectivity index (χ4v) is 3.46. The normalized spacial score (nSPS) is 20.3. The molecular weight excluding hydrogens is 294 g/mol. The Balaban J connectivity index is 2.02. The van der Waals surface area contributed by atoms with Crippen LogP contribution in [0.4, 0.5) is 0 Å². The number of likely N-dealkylation sites (tertiary alicyclic amines) is 1. The molecule has 21 heavy (non-hydrogen) atoms. The van der Waals surface area contributed by atoms with Gasteiger partial charge in [-0.1, -0.05) is 17.7 Å². The van der Waals surface area contributed by atoms with Gasteiger partial charge in [-0.25, -0.2) is 0 Å². The third-order valence-corrected chi connectivity index (χ3v) is 4.77. The van der Waals surface area contributed by atoms with Gasteiger partial charge in [0.15, 0.2) is 0 Å². The first-order valence-electron chi connectivity index (χ1n) is 6.81. The minimum Gasteiger partial charge on any atom is -0.480 e. The van der Waals surface area contributed by atoms with Crippen molar-refractivity contribution in [1.29, 1.82) is 0 Å². The number of carboxylic acids is 1. The van der Waals surface area contributed by atoms with E-state index in [-0.39, 0.29) is 11.4 Å². The summed E-state index contributed by atoms with van der Waals surface area (Å²) in [6.45, 7) is 2.75. The van der Waals surface area contributed by atoms with E-state index in [1.54, 1.807) is 17.0 Å². The molecule has 0 spiro atoms. The molecule has 0 radical (unpaired) electrons. The molecule has 0 saturated carbocycles. The molecule has 2 rings (SSSR count). The molecule has 0 amide bonds. The fourth-order valence-electron chi connectivity index (χ4n) is 2.37. The van der Waals surface area contributed by atoms with Gasteiger partial charge < -0.3 is 5.11 Å². The van der Waals surface area contributed by atoms with Crippen molar-refractivity contribution < 1.29 is 22.5 Å². The molecule has 1 atom stereocenters. The van der Waals surface area contributed by atoms with E-state index in [1.165, 1.54) is 12.1 Å². The minimum atomic E-state index is -3.80. The zero-order valence-corrected chi connectivity index (χ0v) is 12.7. The first-order valence-corrected chi connectivity index (χ1v) is 8.22. The van der Waals surface area contributed by atoms with Gasteiger partial charge in [0.05, 0.1) is 17.5 Å². The smallest absolute Gasteiger partial charge is 0.317 e. The molecule has 0 bridgehead atoms. The summed E-state index contributed by atoms with van der Waals surface area (Å²) < 4.78 is 29.6. The highest BCUT2D eigenvalue weighted by Gasteiger charge is 2.27. The van der Waals surface area contributed by atoms with E-state index in [0.717, 1.165) is 12.0 Å². The second-order valence-electron chi connectivity index (χ2n) is 5.26. The average Bonchev–Trinajstić information content (AvgIpc) is 2.38. The minimum absolute atomic E-state index is 0.0928. The van der Waals surface area contributed by atoms with Gasteiger partial charge in [0, 0.05) is 6.54 Å². The van der Waals surface area contributed by atoms with Crippen LogP contribution in [-0.4, -0.2) is 50.1 Å². The first kappa shape index (κ1) is 15.9. The Morgan fingerprint density at radius 2 is 2.05 bits per heavy atom. The van der Waals surface area contributed by atoms with Crippen molar-refractivity contribution in [3.05, 3.63) is 29.8 Å². The average molecular weight is 313 g/mol. The van der Waals surface area contributed by atoms with Gasteiger partial charge in [-0.15, -0.1) is 0 Å². The monoisotopic (exact) mass is 313 g/mol. The molecule has 1 aliphatic rings. The van der Waals surface area contributed by atoms with E-state index in [0.29, 0.717) is 19.5 Å². The van der Waals surface area contributed by atoms with Crippen molar-refractivity contribution in [2.45, 2.75) is 30.8 Å². The van der Waals surface area contributed by atoms with Crippen molar-refractivity contribution in [2.24, 2.45) is 0 Å². The van der Waals surface area contributed by atoms with E-state index in [4.69, 9.17) is 9.29 Å². The number of carboxylic acid groups (broad SMARTS) is 1. The van der Waals surface area contributed by atoms with Gasteiger partial charge >= 0.3 is 5.97 Å². The van der Waals surface area contributed by atoms with Gasteiger partial charge in [0.1, 0.15) is 0 Å². The van der Waals surface area contributed by atoms with Crippen LogP contribution in [0.5, 0.6) is 0 Å². The second-order valence-corrected chi connectivity index (χ2v) is 6.83. The van der Waals surface area contributed by atoms with Crippen molar-refractivity contribution in [2.75, 3.05) is 19.6 Å². The molecule has 7 heteroatoms. The van der Waals surface area contributed by atoms with E-state index in [1.807, 2.05) is 6.92 Å². The summed E-state index contributed by atoms with van der Waals surface area (Å²) in [7, 11) is -3.80.